The van der Waals surface area contributed by atoms with Gasteiger partial charge in [0, 0.05) is 47.8 Å². The van der Waals surface area contributed by atoms with Crippen molar-refractivity contribution in [2.75, 3.05) is 0 Å². The summed E-state index contributed by atoms with van der Waals surface area (Å²) in [6.45, 7) is 2.38. The Hall–Kier alpha value is -2.79. The zero-order valence-electron chi connectivity index (χ0n) is 15.3. The molecule has 5 nitrogen and oxygen atoms in total. The summed E-state index contributed by atoms with van der Waals surface area (Å²) in [6, 6.07) is 14.5. The monoisotopic (exact) mass is 383 g/mol. The van der Waals surface area contributed by atoms with E-state index in [2.05, 4.69) is 10.4 Å². The first kappa shape index (κ1) is 19.0. The second kappa shape index (κ2) is 8.27. The van der Waals surface area contributed by atoms with Gasteiger partial charge >= 0.3 is 0 Å². The maximum Gasteiger partial charge on any atom is 0.221 e. The Balaban J connectivity index is 1.80. The highest BCUT2D eigenvalue weighted by molar-refractivity contribution is 6.30. The Morgan fingerprint density at radius 2 is 2.04 bits per heavy atom. The molecule has 27 heavy (non-hydrogen) atoms. The number of para-hydroxylation sites is 1. The van der Waals surface area contributed by atoms with Crippen molar-refractivity contribution in [2.45, 2.75) is 25.8 Å². The predicted octanol–water partition coefficient (Wildman–Crippen LogP) is 3.93. The van der Waals surface area contributed by atoms with Gasteiger partial charge in [0.25, 0.3) is 0 Å². The molecule has 0 saturated heterocycles. The van der Waals surface area contributed by atoms with Crippen molar-refractivity contribution in [3.8, 4) is 5.75 Å². The number of phenols is 1. The topological polar surface area (TPSA) is 67.2 Å². The molecule has 1 heterocycles. The van der Waals surface area contributed by atoms with Gasteiger partial charge in [-0.05, 0) is 30.7 Å². The number of phenolic OH excluding ortho intramolecular Hbond substituents is 1. The van der Waals surface area contributed by atoms with Gasteiger partial charge in [0.05, 0.1) is 6.20 Å². The highest BCUT2D eigenvalue weighted by Gasteiger charge is 2.21. The minimum absolute atomic E-state index is 0.105. The fraction of sp³-hybridized carbons (Fsp3) is 0.238. The molecule has 0 radical (unpaired) electrons. The molecule has 0 fully saturated rings. The second-order valence-electron chi connectivity index (χ2n) is 6.53. The normalized spacial score (nSPS) is 12.0. The lowest BCUT2D eigenvalue weighted by Gasteiger charge is -2.19. The maximum atomic E-state index is 12.6. The van der Waals surface area contributed by atoms with Crippen LogP contribution in [0.5, 0.6) is 5.75 Å². The van der Waals surface area contributed by atoms with Crippen molar-refractivity contribution in [3.63, 3.8) is 0 Å². The van der Waals surface area contributed by atoms with E-state index in [1.165, 1.54) is 0 Å². The maximum absolute atomic E-state index is 12.6. The van der Waals surface area contributed by atoms with Crippen molar-refractivity contribution in [3.05, 3.63) is 82.1 Å². The molecule has 2 N–H and O–H groups in total. The van der Waals surface area contributed by atoms with Gasteiger partial charge in [0.1, 0.15) is 5.75 Å². The summed E-state index contributed by atoms with van der Waals surface area (Å²) in [6.07, 6.45) is 1.96. The second-order valence-corrected chi connectivity index (χ2v) is 6.96. The van der Waals surface area contributed by atoms with E-state index in [0.717, 1.165) is 16.8 Å². The van der Waals surface area contributed by atoms with Gasteiger partial charge < -0.3 is 10.4 Å². The van der Waals surface area contributed by atoms with Crippen molar-refractivity contribution in [1.29, 1.82) is 0 Å². The number of carbonyl (C=O) groups is 1. The molecular formula is C21H22ClN3O2. The van der Waals surface area contributed by atoms with Gasteiger partial charge in [-0.1, -0.05) is 41.9 Å². The third kappa shape index (κ3) is 4.49. The van der Waals surface area contributed by atoms with E-state index in [-0.39, 0.29) is 24.0 Å². The third-order valence-electron chi connectivity index (χ3n) is 4.77. The largest absolute Gasteiger partial charge is 0.508 e. The van der Waals surface area contributed by atoms with Crippen LogP contribution < -0.4 is 5.32 Å². The molecule has 3 aromatic rings. The predicted molar refractivity (Wildman–Crippen MR) is 106 cm³/mol. The SMILES string of the molecule is Cc1c(CNC(=O)C[C@@H](c2cccc(Cl)c2)c2ccccc2O)cnn1C. The molecule has 0 spiro atoms. The number of halogens is 1. The number of amides is 1. The minimum Gasteiger partial charge on any atom is -0.508 e. The number of rotatable bonds is 6. The average Bonchev–Trinajstić information content (AvgIpc) is 2.97. The van der Waals surface area contributed by atoms with Gasteiger partial charge in [-0.2, -0.15) is 5.10 Å². The van der Waals surface area contributed by atoms with Crippen LogP contribution in [0.2, 0.25) is 5.02 Å². The van der Waals surface area contributed by atoms with E-state index < -0.39 is 0 Å². The molecule has 0 saturated carbocycles. The van der Waals surface area contributed by atoms with Crippen LogP contribution in [0.15, 0.2) is 54.7 Å². The summed E-state index contributed by atoms with van der Waals surface area (Å²) >= 11 is 6.14. The van der Waals surface area contributed by atoms with Gasteiger partial charge in [-0.25, -0.2) is 0 Å². The first-order valence-electron chi connectivity index (χ1n) is 8.73. The molecule has 0 aliphatic carbocycles. The summed E-state index contributed by atoms with van der Waals surface area (Å²) in [4.78, 5) is 12.6. The average molecular weight is 384 g/mol. The summed E-state index contributed by atoms with van der Waals surface area (Å²) in [5, 5.41) is 18.0. The fourth-order valence-corrected chi connectivity index (χ4v) is 3.28. The molecule has 0 bridgehead atoms. The van der Waals surface area contributed by atoms with E-state index in [0.29, 0.717) is 17.1 Å². The number of aromatic hydroxyl groups is 1. The number of hydrogen-bond donors (Lipinski definition) is 2. The molecular weight excluding hydrogens is 362 g/mol. The van der Waals surface area contributed by atoms with Crippen LogP contribution in [-0.4, -0.2) is 20.8 Å². The number of benzene rings is 2. The Labute approximate surface area is 163 Å². The number of aromatic nitrogens is 2. The molecule has 0 unspecified atom stereocenters. The van der Waals surface area contributed by atoms with Crippen LogP contribution in [-0.2, 0) is 18.4 Å². The Kier molecular flexibility index (Phi) is 5.81. The van der Waals surface area contributed by atoms with Gasteiger partial charge in [0.2, 0.25) is 5.91 Å². The fourth-order valence-electron chi connectivity index (χ4n) is 3.08. The van der Waals surface area contributed by atoms with E-state index >= 15 is 0 Å². The van der Waals surface area contributed by atoms with E-state index in [9.17, 15) is 9.90 Å². The molecule has 3 rings (SSSR count). The van der Waals surface area contributed by atoms with Crippen molar-refractivity contribution >= 4 is 17.5 Å². The molecule has 1 atom stereocenters. The highest BCUT2D eigenvalue weighted by Crippen LogP contribution is 2.34. The molecule has 1 amide bonds. The number of carbonyl (C=O) groups excluding carboxylic acids is 1. The first-order valence-corrected chi connectivity index (χ1v) is 9.11. The van der Waals surface area contributed by atoms with Crippen molar-refractivity contribution < 1.29 is 9.90 Å². The summed E-state index contributed by atoms with van der Waals surface area (Å²) in [5.41, 5.74) is 3.58. The number of nitrogens with one attached hydrogen (secondary N) is 1. The first-order chi connectivity index (χ1) is 13.0. The van der Waals surface area contributed by atoms with Crippen LogP contribution in [0.4, 0.5) is 0 Å². The molecule has 1 aromatic heterocycles. The van der Waals surface area contributed by atoms with Crippen LogP contribution in [0.1, 0.15) is 34.7 Å². The number of hydrogen-bond acceptors (Lipinski definition) is 3. The smallest absolute Gasteiger partial charge is 0.221 e. The zero-order valence-corrected chi connectivity index (χ0v) is 16.1. The van der Waals surface area contributed by atoms with E-state index in [1.54, 1.807) is 29.1 Å². The van der Waals surface area contributed by atoms with Crippen LogP contribution in [0.25, 0.3) is 0 Å². The van der Waals surface area contributed by atoms with E-state index in [4.69, 9.17) is 11.6 Å². The lowest BCUT2D eigenvalue weighted by Crippen LogP contribution is -2.25. The molecule has 0 aliphatic heterocycles. The van der Waals surface area contributed by atoms with Gasteiger partial charge in [-0.3, -0.25) is 9.48 Å². The molecule has 0 aliphatic rings. The van der Waals surface area contributed by atoms with Gasteiger partial charge in [-0.15, -0.1) is 0 Å². The molecule has 140 valence electrons. The Morgan fingerprint density at radius 3 is 2.70 bits per heavy atom. The summed E-state index contributed by atoms with van der Waals surface area (Å²) in [5.74, 6) is -0.232. The zero-order chi connectivity index (χ0) is 19.4. The van der Waals surface area contributed by atoms with E-state index in [1.807, 2.05) is 44.3 Å². The standard InChI is InChI=1S/C21H22ClN3O2/c1-14-16(13-24-25(14)2)12-23-21(27)11-19(15-6-5-7-17(22)10-15)18-8-3-4-9-20(18)26/h3-10,13,19,26H,11-12H2,1-2H3,(H,23,27)/t19-/m0/s1. The van der Waals surface area contributed by atoms with Crippen LogP contribution in [0.3, 0.4) is 0 Å². The molecule has 2 aromatic carbocycles. The van der Waals surface area contributed by atoms with Crippen LogP contribution >= 0.6 is 11.6 Å². The number of nitrogens with zero attached hydrogens (tertiary/aromatic N) is 2. The van der Waals surface area contributed by atoms with Gasteiger partial charge in [0.15, 0.2) is 0 Å². The van der Waals surface area contributed by atoms with Crippen molar-refractivity contribution in [2.24, 2.45) is 7.05 Å². The lowest BCUT2D eigenvalue weighted by molar-refractivity contribution is -0.121. The molecule has 6 heteroatoms. The summed E-state index contributed by atoms with van der Waals surface area (Å²) < 4.78 is 1.78. The Morgan fingerprint density at radius 1 is 1.26 bits per heavy atom. The number of aryl methyl sites for hydroxylation is 1. The minimum atomic E-state index is -0.292. The lowest BCUT2D eigenvalue weighted by atomic mass is 9.87. The summed E-state index contributed by atoms with van der Waals surface area (Å²) in [7, 11) is 1.87. The highest BCUT2D eigenvalue weighted by atomic mass is 35.5. The van der Waals surface area contributed by atoms with Crippen LogP contribution in [0, 0.1) is 6.92 Å². The quantitative estimate of drug-likeness (QED) is 0.677. The van der Waals surface area contributed by atoms with Crippen molar-refractivity contribution in [1.82, 2.24) is 15.1 Å². The Bertz CT molecular complexity index is 952. The third-order valence-corrected chi connectivity index (χ3v) is 5.00.